The molecule has 1 aliphatic rings. The van der Waals surface area contributed by atoms with Crippen LogP contribution in [0.2, 0.25) is 0 Å². The molecule has 0 radical (unpaired) electrons. The lowest BCUT2D eigenvalue weighted by Gasteiger charge is -2.34. The van der Waals surface area contributed by atoms with Crippen LogP contribution in [-0.4, -0.2) is 35.1 Å². The van der Waals surface area contributed by atoms with Crippen molar-refractivity contribution < 1.29 is 9.90 Å². The minimum Gasteiger partial charge on any atom is -0.394 e. The van der Waals surface area contributed by atoms with Crippen molar-refractivity contribution in [2.24, 2.45) is 0 Å². The highest BCUT2D eigenvalue weighted by atomic mass is 16.3. The molecule has 0 fully saturated rings. The van der Waals surface area contributed by atoms with Gasteiger partial charge in [-0.05, 0) is 44.5 Å². The Bertz CT molecular complexity index is 483. The highest BCUT2D eigenvalue weighted by Crippen LogP contribution is 2.25. The summed E-state index contributed by atoms with van der Waals surface area (Å²) in [6, 6.07) is 6.16. The van der Waals surface area contributed by atoms with Crippen LogP contribution in [0.25, 0.3) is 0 Å². The molecular formula is C15H22N2O2. The topological polar surface area (TPSA) is 52.6 Å². The highest BCUT2D eigenvalue weighted by Gasteiger charge is 2.23. The molecule has 1 aliphatic heterocycles. The maximum absolute atomic E-state index is 11.3. The predicted octanol–water partition coefficient (Wildman–Crippen LogP) is 1.77. The molecule has 1 amide bonds. The van der Waals surface area contributed by atoms with Crippen LogP contribution < -0.4 is 5.32 Å². The number of aliphatic hydroxyl groups excluding tert-OH is 1. The molecule has 19 heavy (non-hydrogen) atoms. The maximum atomic E-state index is 11.3. The molecule has 0 unspecified atom stereocenters. The van der Waals surface area contributed by atoms with Gasteiger partial charge in [0.1, 0.15) is 0 Å². The second-order valence-electron chi connectivity index (χ2n) is 5.87. The van der Waals surface area contributed by atoms with E-state index in [2.05, 4.69) is 16.3 Å². The van der Waals surface area contributed by atoms with Crippen molar-refractivity contribution in [3.8, 4) is 0 Å². The number of amides is 1. The van der Waals surface area contributed by atoms with Crippen molar-refractivity contribution in [3.05, 3.63) is 29.3 Å². The summed E-state index contributed by atoms with van der Waals surface area (Å²) >= 11 is 0. The maximum Gasteiger partial charge on any atom is 0.224 e. The van der Waals surface area contributed by atoms with Crippen molar-refractivity contribution in [3.63, 3.8) is 0 Å². The SMILES string of the molecule is CN(Cc1ccc2c(c1)CCC(=O)N2)C(C)(C)CO. The zero-order valence-electron chi connectivity index (χ0n) is 11.9. The first-order valence-corrected chi connectivity index (χ1v) is 6.66. The summed E-state index contributed by atoms with van der Waals surface area (Å²) in [4.78, 5) is 13.4. The van der Waals surface area contributed by atoms with Crippen LogP contribution in [0.4, 0.5) is 5.69 Å². The van der Waals surface area contributed by atoms with Crippen molar-refractivity contribution in [2.45, 2.75) is 38.8 Å². The molecule has 4 nitrogen and oxygen atoms in total. The van der Waals surface area contributed by atoms with Crippen LogP contribution in [0.15, 0.2) is 18.2 Å². The molecule has 1 aromatic carbocycles. The summed E-state index contributed by atoms with van der Waals surface area (Å²) in [5, 5.41) is 12.3. The van der Waals surface area contributed by atoms with Crippen molar-refractivity contribution in [1.29, 1.82) is 0 Å². The number of nitrogens with one attached hydrogen (secondary N) is 1. The van der Waals surface area contributed by atoms with Gasteiger partial charge in [0.2, 0.25) is 5.91 Å². The van der Waals surface area contributed by atoms with E-state index in [0.29, 0.717) is 6.42 Å². The zero-order valence-corrected chi connectivity index (χ0v) is 11.9. The molecule has 0 atom stereocenters. The van der Waals surface area contributed by atoms with E-state index in [-0.39, 0.29) is 18.1 Å². The summed E-state index contributed by atoms with van der Waals surface area (Å²) in [6.45, 7) is 4.95. The Labute approximate surface area is 114 Å². The Hall–Kier alpha value is -1.39. The second kappa shape index (κ2) is 5.31. The third-order valence-electron chi connectivity index (χ3n) is 3.91. The molecule has 0 saturated carbocycles. The number of hydrogen-bond donors (Lipinski definition) is 2. The fourth-order valence-corrected chi connectivity index (χ4v) is 2.14. The summed E-state index contributed by atoms with van der Waals surface area (Å²) < 4.78 is 0. The lowest BCUT2D eigenvalue weighted by Crippen LogP contribution is -2.43. The van der Waals surface area contributed by atoms with E-state index < -0.39 is 0 Å². The molecule has 4 heteroatoms. The number of carbonyl (C=O) groups is 1. The number of likely N-dealkylation sites (N-methyl/N-ethyl adjacent to an activating group) is 1. The number of rotatable bonds is 4. The van der Waals surface area contributed by atoms with Crippen molar-refractivity contribution in [1.82, 2.24) is 4.90 Å². The molecule has 1 aromatic rings. The summed E-state index contributed by atoms with van der Waals surface area (Å²) in [5.41, 5.74) is 3.11. The van der Waals surface area contributed by atoms with E-state index in [1.807, 2.05) is 33.0 Å². The van der Waals surface area contributed by atoms with Gasteiger partial charge in [-0.15, -0.1) is 0 Å². The van der Waals surface area contributed by atoms with Crippen LogP contribution in [0.3, 0.4) is 0 Å². The fourth-order valence-electron chi connectivity index (χ4n) is 2.14. The lowest BCUT2D eigenvalue weighted by atomic mass is 9.99. The first-order valence-electron chi connectivity index (χ1n) is 6.66. The Morgan fingerprint density at radius 2 is 2.11 bits per heavy atom. The molecule has 0 aromatic heterocycles. The number of aliphatic hydroxyl groups is 1. The molecule has 0 aliphatic carbocycles. The Morgan fingerprint density at radius 3 is 2.79 bits per heavy atom. The van der Waals surface area contributed by atoms with Crippen LogP contribution >= 0.6 is 0 Å². The molecule has 0 spiro atoms. The van der Waals surface area contributed by atoms with Gasteiger partial charge in [0, 0.05) is 24.2 Å². The molecular weight excluding hydrogens is 240 g/mol. The molecule has 2 N–H and O–H groups in total. The van der Waals surface area contributed by atoms with Crippen LogP contribution in [0, 0.1) is 0 Å². The highest BCUT2D eigenvalue weighted by molar-refractivity contribution is 5.93. The Kier molecular flexibility index (Phi) is 3.92. The number of fused-ring (bicyclic) bond motifs is 1. The van der Waals surface area contributed by atoms with Gasteiger partial charge in [0.25, 0.3) is 0 Å². The van der Waals surface area contributed by atoms with E-state index in [1.54, 1.807) is 0 Å². The second-order valence-corrected chi connectivity index (χ2v) is 5.87. The van der Waals surface area contributed by atoms with Gasteiger partial charge in [-0.3, -0.25) is 9.69 Å². The molecule has 104 valence electrons. The van der Waals surface area contributed by atoms with Gasteiger partial charge in [-0.2, -0.15) is 0 Å². The normalized spacial score (nSPS) is 15.3. The summed E-state index contributed by atoms with van der Waals surface area (Å²) in [7, 11) is 2.01. The Morgan fingerprint density at radius 1 is 1.37 bits per heavy atom. The number of benzene rings is 1. The summed E-state index contributed by atoms with van der Waals surface area (Å²) in [5.74, 6) is 0.0961. The predicted molar refractivity (Wildman–Crippen MR) is 76.0 cm³/mol. The third-order valence-corrected chi connectivity index (χ3v) is 3.91. The molecule has 1 heterocycles. The number of hydrogen-bond acceptors (Lipinski definition) is 3. The van der Waals surface area contributed by atoms with Crippen LogP contribution in [0.5, 0.6) is 0 Å². The first kappa shape index (κ1) is 14.0. The van der Waals surface area contributed by atoms with Crippen LogP contribution in [-0.2, 0) is 17.8 Å². The molecule has 2 rings (SSSR count). The smallest absolute Gasteiger partial charge is 0.224 e. The lowest BCUT2D eigenvalue weighted by molar-refractivity contribution is -0.116. The van der Waals surface area contributed by atoms with Gasteiger partial charge in [0.15, 0.2) is 0 Å². The average Bonchev–Trinajstić information content (AvgIpc) is 2.38. The number of carbonyl (C=O) groups excluding carboxylic acids is 1. The minimum absolute atomic E-state index is 0.0961. The minimum atomic E-state index is -0.232. The average molecular weight is 262 g/mol. The number of anilines is 1. The van der Waals surface area contributed by atoms with Gasteiger partial charge in [-0.25, -0.2) is 0 Å². The number of nitrogens with zero attached hydrogens (tertiary/aromatic N) is 1. The van der Waals surface area contributed by atoms with Crippen LogP contribution in [0.1, 0.15) is 31.4 Å². The Balaban J connectivity index is 2.13. The standard InChI is InChI=1S/C15H22N2O2/c1-15(2,10-18)17(3)9-11-4-6-13-12(8-11)5-7-14(19)16-13/h4,6,8,18H,5,7,9-10H2,1-3H3,(H,16,19). The van der Waals surface area contributed by atoms with Crippen molar-refractivity contribution >= 4 is 11.6 Å². The van der Waals surface area contributed by atoms with E-state index in [0.717, 1.165) is 18.7 Å². The van der Waals surface area contributed by atoms with Gasteiger partial charge in [0.05, 0.1) is 6.61 Å². The van der Waals surface area contributed by atoms with Gasteiger partial charge in [-0.1, -0.05) is 12.1 Å². The number of aryl methyl sites for hydroxylation is 1. The quantitative estimate of drug-likeness (QED) is 0.869. The van der Waals surface area contributed by atoms with E-state index >= 15 is 0 Å². The van der Waals surface area contributed by atoms with Crippen molar-refractivity contribution in [2.75, 3.05) is 19.0 Å². The summed E-state index contributed by atoms with van der Waals surface area (Å²) in [6.07, 6.45) is 1.37. The zero-order chi connectivity index (χ0) is 14.0. The first-order chi connectivity index (χ1) is 8.92. The molecule has 0 bridgehead atoms. The van der Waals surface area contributed by atoms with E-state index in [1.165, 1.54) is 11.1 Å². The third kappa shape index (κ3) is 3.14. The largest absolute Gasteiger partial charge is 0.394 e. The van der Waals surface area contributed by atoms with E-state index in [4.69, 9.17) is 0 Å². The monoisotopic (exact) mass is 262 g/mol. The van der Waals surface area contributed by atoms with Gasteiger partial charge < -0.3 is 10.4 Å². The molecule has 0 saturated heterocycles. The fraction of sp³-hybridized carbons (Fsp3) is 0.533. The van der Waals surface area contributed by atoms with E-state index in [9.17, 15) is 9.90 Å². The van der Waals surface area contributed by atoms with Gasteiger partial charge >= 0.3 is 0 Å².